The van der Waals surface area contributed by atoms with Crippen molar-refractivity contribution in [2.45, 2.75) is 316 Å². The van der Waals surface area contributed by atoms with Crippen LogP contribution in [0.25, 0.3) is 0 Å². The van der Waals surface area contributed by atoms with Crippen LogP contribution in [-0.4, -0.2) is 96.7 Å². The van der Waals surface area contributed by atoms with Gasteiger partial charge >= 0.3 is 39.5 Å². The van der Waals surface area contributed by atoms with E-state index < -0.39 is 97.5 Å². The van der Waals surface area contributed by atoms with Crippen LogP contribution >= 0.6 is 15.6 Å². The van der Waals surface area contributed by atoms with Crippen LogP contribution in [0.4, 0.5) is 0 Å². The van der Waals surface area contributed by atoms with Crippen LogP contribution in [0.15, 0.2) is 122 Å². The van der Waals surface area contributed by atoms with Crippen molar-refractivity contribution >= 4 is 39.5 Å². The number of ether oxygens (including phenoxy) is 4. The second kappa shape index (κ2) is 70.9. The zero-order chi connectivity index (χ0) is 71.8. The van der Waals surface area contributed by atoms with Gasteiger partial charge in [0.1, 0.15) is 19.3 Å². The highest BCUT2D eigenvalue weighted by molar-refractivity contribution is 7.47. The molecule has 562 valence electrons. The zero-order valence-corrected chi connectivity index (χ0v) is 63.0. The molecular formula is C79H134O17P2. The van der Waals surface area contributed by atoms with Crippen LogP contribution in [-0.2, 0) is 65.4 Å². The third kappa shape index (κ3) is 69.9. The minimum absolute atomic E-state index is 0.00674. The maximum Gasteiger partial charge on any atom is 0.472 e. The first-order valence-corrected chi connectivity index (χ1v) is 40.8. The van der Waals surface area contributed by atoms with Crippen molar-refractivity contribution in [2.24, 2.45) is 0 Å². The van der Waals surface area contributed by atoms with E-state index in [2.05, 4.69) is 137 Å². The van der Waals surface area contributed by atoms with Crippen molar-refractivity contribution in [1.29, 1.82) is 0 Å². The van der Waals surface area contributed by atoms with E-state index in [1.807, 2.05) is 12.2 Å². The summed E-state index contributed by atoms with van der Waals surface area (Å²) >= 11 is 0. The number of rotatable bonds is 70. The molecule has 17 nitrogen and oxygen atoms in total. The molecule has 0 amide bonds. The summed E-state index contributed by atoms with van der Waals surface area (Å²) in [4.78, 5) is 72.7. The largest absolute Gasteiger partial charge is 0.472 e. The summed E-state index contributed by atoms with van der Waals surface area (Å²) in [7, 11) is -9.97. The van der Waals surface area contributed by atoms with Gasteiger partial charge in [0.05, 0.1) is 26.4 Å². The number of phosphoric ester groups is 2. The SMILES string of the molecule is CC/C=C\C/C=C\C/C=C\C/C=C\C/C=C\CCCCCC(=O)OCC(COP(=O)(O)OCC(O)COP(=O)(O)OCC(COC(=O)CCCCCCCCCCCCC)OC(=O)CCCCCCCCCCCCC)OC(=O)CCC/C=C\C/C=C\C/C=C\C/C=C\C/C=C\CC. The maximum atomic E-state index is 13.1. The summed E-state index contributed by atoms with van der Waals surface area (Å²) < 4.78 is 68.3. The van der Waals surface area contributed by atoms with E-state index in [4.69, 9.17) is 37.0 Å². The van der Waals surface area contributed by atoms with Gasteiger partial charge in [-0.05, 0) is 109 Å². The number of unbranched alkanes of at least 4 members (excludes halogenated alkanes) is 24. The van der Waals surface area contributed by atoms with Crippen LogP contribution in [0.1, 0.15) is 297 Å². The van der Waals surface area contributed by atoms with E-state index in [0.717, 1.165) is 128 Å². The molecule has 0 aromatic rings. The van der Waals surface area contributed by atoms with Crippen molar-refractivity contribution in [3.63, 3.8) is 0 Å². The number of phosphoric acid groups is 2. The normalized spacial score (nSPS) is 14.6. The Morgan fingerprint density at radius 2 is 0.541 bits per heavy atom. The molecule has 0 bridgehead atoms. The number of aliphatic hydroxyl groups is 1. The van der Waals surface area contributed by atoms with E-state index in [0.29, 0.717) is 32.1 Å². The smallest absolute Gasteiger partial charge is 0.462 e. The number of hydrogen-bond donors (Lipinski definition) is 3. The molecule has 0 fully saturated rings. The Morgan fingerprint density at radius 1 is 0.296 bits per heavy atom. The van der Waals surface area contributed by atoms with Crippen LogP contribution in [0.5, 0.6) is 0 Å². The van der Waals surface area contributed by atoms with Gasteiger partial charge in [-0.15, -0.1) is 0 Å². The lowest BCUT2D eigenvalue weighted by Gasteiger charge is -2.21. The predicted octanol–water partition coefficient (Wildman–Crippen LogP) is 21.6. The first-order chi connectivity index (χ1) is 47.7. The van der Waals surface area contributed by atoms with Gasteiger partial charge in [-0.2, -0.15) is 0 Å². The van der Waals surface area contributed by atoms with E-state index in [9.17, 15) is 43.2 Å². The van der Waals surface area contributed by atoms with Gasteiger partial charge in [-0.25, -0.2) is 9.13 Å². The molecule has 0 radical (unpaired) electrons. The van der Waals surface area contributed by atoms with Crippen LogP contribution in [0, 0.1) is 0 Å². The number of esters is 4. The number of carbonyl (C=O) groups is 4. The fourth-order valence-corrected chi connectivity index (χ4v) is 11.3. The molecule has 0 aliphatic carbocycles. The number of allylic oxidation sites excluding steroid dienone is 20. The lowest BCUT2D eigenvalue weighted by Crippen LogP contribution is -2.30. The van der Waals surface area contributed by atoms with Crippen molar-refractivity contribution in [1.82, 2.24) is 0 Å². The number of hydrogen-bond acceptors (Lipinski definition) is 15. The van der Waals surface area contributed by atoms with Crippen LogP contribution < -0.4 is 0 Å². The lowest BCUT2D eigenvalue weighted by molar-refractivity contribution is -0.161. The molecule has 0 aliphatic rings. The summed E-state index contributed by atoms with van der Waals surface area (Å²) in [5.74, 6) is -2.27. The van der Waals surface area contributed by atoms with Gasteiger partial charge in [-0.3, -0.25) is 37.3 Å². The molecule has 0 rings (SSSR count). The quantitative estimate of drug-likeness (QED) is 0.0169. The summed E-state index contributed by atoms with van der Waals surface area (Å²) in [5, 5.41) is 10.6. The Balaban J connectivity index is 5.41. The second-order valence-corrected chi connectivity index (χ2v) is 27.7. The Kier molecular flexibility index (Phi) is 67.6. The molecule has 0 heterocycles. The van der Waals surface area contributed by atoms with Crippen LogP contribution in [0.3, 0.4) is 0 Å². The van der Waals surface area contributed by atoms with Crippen molar-refractivity contribution < 1.29 is 80.2 Å². The van der Waals surface area contributed by atoms with Gasteiger partial charge in [0.2, 0.25) is 0 Å². The first kappa shape index (κ1) is 93.5. The topological polar surface area (TPSA) is 237 Å². The number of aliphatic hydroxyl groups excluding tert-OH is 1. The average molecular weight is 1420 g/mol. The van der Waals surface area contributed by atoms with Gasteiger partial charge in [-0.1, -0.05) is 284 Å². The van der Waals surface area contributed by atoms with Crippen LogP contribution in [0.2, 0.25) is 0 Å². The second-order valence-electron chi connectivity index (χ2n) is 24.8. The molecule has 0 saturated heterocycles. The standard InChI is InChI=1S/C79H134O17P2/c1-5-9-13-17-21-25-29-31-33-35-36-38-39-41-45-48-52-56-60-64-77(82)90-70-75(96-79(84)66-62-58-54-50-46-42-40-37-34-32-30-26-22-18-14-10-6-2)72-94-98(87,88)92-68-73(80)67-91-97(85,86)93-71-74(95-78(83)65-61-57-53-49-44-28-24-20-16-12-8-4)69-89-76(81)63-59-55-51-47-43-27-23-19-15-11-7-3/h9-10,13-14,21-22,25-26,31-34,36,38,40-42,45,50,54,73-75,80H,5-8,11-12,15-20,23-24,27-30,35,37,39,43-44,46-49,51-53,55-72H2,1-4H3,(H,85,86)(H,87,88)/b13-9-,14-10-,25-21-,26-22-,33-31-,34-32-,38-36-,42-40-,45-41-,54-50-. The molecule has 3 N–H and O–H groups in total. The molecule has 0 aromatic heterocycles. The highest BCUT2D eigenvalue weighted by atomic mass is 31.2. The molecule has 5 atom stereocenters. The fraction of sp³-hybridized carbons (Fsp3) is 0.696. The molecule has 0 saturated carbocycles. The van der Waals surface area contributed by atoms with Crippen molar-refractivity contribution in [3.05, 3.63) is 122 Å². The lowest BCUT2D eigenvalue weighted by atomic mass is 10.1. The monoisotopic (exact) mass is 1420 g/mol. The minimum Gasteiger partial charge on any atom is -0.462 e. The Hall–Kier alpha value is -4.54. The molecule has 19 heteroatoms. The Morgan fingerprint density at radius 3 is 0.857 bits per heavy atom. The average Bonchev–Trinajstić information content (AvgIpc) is 0.979. The molecule has 0 aromatic carbocycles. The summed E-state index contributed by atoms with van der Waals surface area (Å²) in [6, 6.07) is 0. The summed E-state index contributed by atoms with van der Waals surface area (Å²) in [6.07, 6.45) is 76.4. The summed E-state index contributed by atoms with van der Waals surface area (Å²) in [5.41, 5.74) is 0. The van der Waals surface area contributed by atoms with E-state index in [1.165, 1.54) is 83.5 Å². The Bertz CT molecular complexity index is 2340. The highest BCUT2D eigenvalue weighted by Gasteiger charge is 2.30. The van der Waals surface area contributed by atoms with E-state index in [1.54, 1.807) is 0 Å². The predicted molar refractivity (Wildman–Crippen MR) is 399 cm³/mol. The molecule has 0 spiro atoms. The van der Waals surface area contributed by atoms with Crippen molar-refractivity contribution in [3.8, 4) is 0 Å². The zero-order valence-electron chi connectivity index (χ0n) is 61.2. The van der Waals surface area contributed by atoms with E-state index in [-0.39, 0.29) is 25.7 Å². The number of carbonyl (C=O) groups excluding carboxylic acids is 4. The van der Waals surface area contributed by atoms with Gasteiger partial charge in [0, 0.05) is 25.7 Å². The highest BCUT2D eigenvalue weighted by Crippen LogP contribution is 2.45. The molecule has 0 aliphatic heterocycles. The van der Waals surface area contributed by atoms with E-state index >= 15 is 0 Å². The molecular weight excluding hydrogens is 1280 g/mol. The molecule has 5 unspecified atom stereocenters. The first-order valence-electron chi connectivity index (χ1n) is 37.8. The maximum absolute atomic E-state index is 13.1. The van der Waals surface area contributed by atoms with Crippen molar-refractivity contribution in [2.75, 3.05) is 39.6 Å². The van der Waals surface area contributed by atoms with Gasteiger partial charge in [0.25, 0.3) is 0 Å². The third-order valence-electron chi connectivity index (χ3n) is 15.5. The van der Waals surface area contributed by atoms with Gasteiger partial charge in [0.15, 0.2) is 12.2 Å². The fourth-order valence-electron chi connectivity index (χ4n) is 9.75. The Labute approximate surface area is 593 Å². The van der Waals surface area contributed by atoms with Gasteiger partial charge < -0.3 is 33.8 Å². The third-order valence-corrected chi connectivity index (χ3v) is 17.4. The molecule has 98 heavy (non-hydrogen) atoms. The minimum atomic E-state index is -5.00. The summed E-state index contributed by atoms with van der Waals surface area (Å²) in [6.45, 7) is 4.53.